The molecule has 0 saturated carbocycles. The Morgan fingerprint density at radius 2 is 1.93 bits per heavy atom. The Labute approximate surface area is 162 Å². The molecule has 0 unspecified atom stereocenters. The fourth-order valence-corrected chi connectivity index (χ4v) is 5.01. The largest absolute Gasteiger partial charge is 0.465 e. The van der Waals surface area contributed by atoms with Crippen molar-refractivity contribution in [1.82, 2.24) is 9.80 Å². The summed E-state index contributed by atoms with van der Waals surface area (Å²) >= 11 is 0. The van der Waals surface area contributed by atoms with Gasteiger partial charge in [0.1, 0.15) is 11.5 Å². The Morgan fingerprint density at radius 1 is 1.19 bits per heavy atom. The first-order valence-corrected chi connectivity index (χ1v) is 10.0. The predicted octanol–water partition coefficient (Wildman–Crippen LogP) is 4.09. The van der Waals surface area contributed by atoms with Crippen LogP contribution < -0.4 is 0 Å². The van der Waals surface area contributed by atoms with Gasteiger partial charge in [0.15, 0.2) is 0 Å². The first-order chi connectivity index (χ1) is 13.0. The molecule has 1 aromatic carbocycles. The van der Waals surface area contributed by atoms with Crippen LogP contribution in [0.25, 0.3) is 0 Å². The van der Waals surface area contributed by atoms with Gasteiger partial charge in [0, 0.05) is 20.5 Å². The van der Waals surface area contributed by atoms with E-state index in [4.69, 9.17) is 4.42 Å². The fourth-order valence-electron chi connectivity index (χ4n) is 5.01. The maximum absolute atomic E-state index is 12.3. The van der Waals surface area contributed by atoms with Gasteiger partial charge >= 0.3 is 0 Å². The molecule has 2 aliphatic rings. The molecule has 0 bridgehead atoms. The van der Waals surface area contributed by atoms with Gasteiger partial charge in [-0.05, 0) is 73.9 Å². The van der Waals surface area contributed by atoms with Crippen molar-refractivity contribution in [2.75, 3.05) is 27.2 Å². The molecule has 1 fully saturated rings. The molecule has 1 amide bonds. The van der Waals surface area contributed by atoms with Gasteiger partial charge in [-0.2, -0.15) is 0 Å². The lowest BCUT2D eigenvalue weighted by Gasteiger charge is -2.40. The molecule has 1 aliphatic heterocycles. The number of rotatable bonds is 4. The lowest BCUT2D eigenvalue weighted by Crippen LogP contribution is -2.41. The highest BCUT2D eigenvalue weighted by atomic mass is 16.3. The molecule has 1 saturated heterocycles. The zero-order valence-corrected chi connectivity index (χ0v) is 16.7. The van der Waals surface area contributed by atoms with Crippen LogP contribution in [-0.4, -0.2) is 42.9 Å². The number of hydrogen-bond acceptors (Lipinski definition) is 3. The number of fused-ring (bicyclic) bond motifs is 2. The van der Waals surface area contributed by atoms with Gasteiger partial charge in [0.25, 0.3) is 0 Å². The Hall–Kier alpha value is -2.07. The maximum atomic E-state index is 12.3. The van der Waals surface area contributed by atoms with Gasteiger partial charge in [0.2, 0.25) is 5.91 Å². The number of carbonyl (C=O) groups is 1. The number of carbonyl (C=O) groups excluding carboxylic acids is 1. The monoisotopic (exact) mass is 366 g/mol. The average Bonchev–Trinajstić information content (AvgIpc) is 3.19. The van der Waals surface area contributed by atoms with E-state index in [1.165, 1.54) is 11.1 Å². The number of furan rings is 1. The molecule has 4 rings (SSSR count). The van der Waals surface area contributed by atoms with Crippen LogP contribution >= 0.6 is 0 Å². The standard InChI is InChI=1S/C23H30N2O2/c1-17-8-9-19(27-17)16-25-12-10-23(11-13-25)15-18(14-22(26)24(2)3)20-6-4-5-7-21(20)23/h4-9,18H,10-16H2,1-3H3/t18-/m1/s1. The molecule has 0 N–H and O–H groups in total. The first kappa shape index (κ1) is 18.3. The number of amides is 1. The second kappa shape index (κ2) is 7.16. The number of benzene rings is 1. The van der Waals surface area contributed by atoms with E-state index in [2.05, 4.69) is 35.2 Å². The third-order valence-corrected chi connectivity index (χ3v) is 6.52. The van der Waals surface area contributed by atoms with Crippen LogP contribution in [0.15, 0.2) is 40.8 Å². The van der Waals surface area contributed by atoms with Gasteiger partial charge in [-0.15, -0.1) is 0 Å². The minimum absolute atomic E-state index is 0.234. The summed E-state index contributed by atoms with van der Waals surface area (Å²) in [6.07, 6.45) is 4.06. The van der Waals surface area contributed by atoms with Crippen LogP contribution in [0.2, 0.25) is 0 Å². The van der Waals surface area contributed by atoms with Crippen molar-refractivity contribution < 1.29 is 9.21 Å². The van der Waals surface area contributed by atoms with Crippen LogP contribution in [0, 0.1) is 6.92 Å². The van der Waals surface area contributed by atoms with E-state index in [9.17, 15) is 4.79 Å². The molecule has 144 valence electrons. The van der Waals surface area contributed by atoms with Crippen LogP contribution in [0.3, 0.4) is 0 Å². The van der Waals surface area contributed by atoms with Gasteiger partial charge in [0.05, 0.1) is 6.54 Å². The summed E-state index contributed by atoms with van der Waals surface area (Å²) in [5.41, 5.74) is 3.14. The Balaban J connectivity index is 1.48. The molecule has 27 heavy (non-hydrogen) atoms. The molecule has 2 heterocycles. The molecule has 1 spiro atoms. The Bertz CT molecular complexity index is 815. The second-order valence-electron chi connectivity index (χ2n) is 8.55. The molecule has 4 heteroatoms. The molecule has 4 nitrogen and oxygen atoms in total. The van der Waals surface area contributed by atoms with E-state index < -0.39 is 0 Å². The van der Waals surface area contributed by atoms with Crippen molar-refractivity contribution in [2.24, 2.45) is 0 Å². The zero-order valence-electron chi connectivity index (χ0n) is 16.7. The van der Waals surface area contributed by atoms with Crippen molar-refractivity contribution in [3.05, 3.63) is 59.0 Å². The predicted molar refractivity (Wildman–Crippen MR) is 107 cm³/mol. The number of hydrogen-bond donors (Lipinski definition) is 0. The summed E-state index contributed by atoms with van der Waals surface area (Å²) in [6.45, 7) is 5.07. The van der Waals surface area contributed by atoms with Gasteiger partial charge in [-0.25, -0.2) is 0 Å². The van der Waals surface area contributed by atoms with Crippen LogP contribution in [0.5, 0.6) is 0 Å². The second-order valence-corrected chi connectivity index (χ2v) is 8.55. The van der Waals surface area contributed by atoms with E-state index in [0.717, 1.165) is 50.4 Å². The summed E-state index contributed by atoms with van der Waals surface area (Å²) in [6, 6.07) is 13.0. The highest BCUT2D eigenvalue weighted by Crippen LogP contribution is 2.52. The summed E-state index contributed by atoms with van der Waals surface area (Å²) in [7, 11) is 3.71. The molecule has 2 aromatic rings. The van der Waals surface area contributed by atoms with Crippen molar-refractivity contribution >= 4 is 5.91 Å². The zero-order chi connectivity index (χ0) is 19.0. The maximum Gasteiger partial charge on any atom is 0.222 e. The smallest absolute Gasteiger partial charge is 0.222 e. The lowest BCUT2D eigenvalue weighted by atomic mass is 9.73. The highest BCUT2D eigenvalue weighted by Gasteiger charge is 2.45. The number of likely N-dealkylation sites (tertiary alicyclic amines) is 1. The molecule has 1 atom stereocenters. The number of aryl methyl sites for hydroxylation is 1. The quantitative estimate of drug-likeness (QED) is 0.818. The molecule has 0 radical (unpaired) electrons. The molecular formula is C23H30N2O2. The van der Waals surface area contributed by atoms with Crippen LogP contribution in [-0.2, 0) is 16.8 Å². The van der Waals surface area contributed by atoms with Crippen molar-refractivity contribution in [3.8, 4) is 0 Å². The van der Waals surface area contributed by atoms with Crippen molar-refractivity contribution in [2.45, 2.75) is 50.5 Å². The van der Waals surface area contributed by atoms with E-state index in [-0.39, 0.29) is 11.3 Å². The topological polar surface area (TPSA) is 36.7 Å². The molecule has 1 aliphatic carbocycles. The minimum Gasteiger partial charge on any atom is -0.465 e. The average molecular weight is 367 g/mol. The Kier molecular flexibility index (Phi) is 4.85. The van der Waals surface area contributed by atoms with Crippen LogP contribution in [0.1, 0.15) is 54.2 Å². The van der Waals surface area contributed by atoms with E-state index in [0.29, 0.717) is 12.3 Å². The third-order valence-electron chi connectivity index (χ3n) is 6.52. The first-order valence-electron chi connectivity index (χ1n) is 10.0. The van der Waals surface area contributed by atoms with Crippen molar-refractivity contribution in [3.63, 3.8) is 0 Å². The SMILES string of the molecule is Cc1ccc(CN2CCC3(CC2)C[C@@H](CC(=O)N(C)C)c2ccccc23)o1. The summed E-state index contributed by atoms with van der Waals surface area (Å²) in [5, 5.41) is 0. The van der Waals surface area contributed by atoms with Crippen LogP contribution in [0.4, 0.5) is 0 Å². The summed E-state index contributed by atoms with van der Waals surface area (Å²) in [4.78, 5) is 16.6. The van der Waals surface area contributed by atoms with Gasteiger partial charge in [-0.3, -0.25) is 9.69 Å². The summed E-state index contributed by atoms with van der Waals surface area (Å²) in [5.74, 6) is 2.63. The van der Waals surface area contributed by atoms with Gasteiger partial charge in [-0.1, -0.05) is 24.3 Å². The lowest BCUT2D eigenvalue weighted by molar-refractivity contribution is -0.129. The van der Waals surface area contributed by atoms with Gasteiger partial charge < -0.3 is 9.32 Å². The fraction of sp³-hybridized carbons (Fsp3) is 0.522. The van der Waals surface area contributed by atoms with E-state index in [1.54, 1.807) is 4.90 Å². The van der Waals surface area contributed by atoms with E-state index >= 15 is 0 Å². The normalized spacial score (nSPS) is 21.4. The number of piperidine rings is 1. The van der Waals surface area contributed by atoms with Crippen molar-refractivity contribution in [1.29, 1.82) is 0 Å². The number of nitrogens with zero attached hydrogens (tertiary/aromatic N) is 2. The Morgan fingerprint density at radius 3 is 2.59 bits per heavy atom. The third kappa shape index (κ3) is 3.55. The van der Waals surface area contributed by atoms with E-state index in [1.807, 2.05) is 27.1 Å². The summed E-state index contributed by atoms with van der Waals surface area (Å²) < 4.78 is 5.76. The highest BCUT2D eigenvalue weighted by molar-refractivity contribution is 5.77. The minimum atomic E-state index is 0.234. The molecule has 1 aromatic heterocycles. The molecular weight excluding hydrogens is 336 g/mol.